The van der Waals surface area contributed by atoms with Crippen molar-refractivity contribution in [3.05, 3.63) is 65.7 Å². The van der Waals surface area contributed by atoms with E-state index >= 15 is 0 Å². The molecule has 1 saturated heterocycles. The fourth-order valence-corrected chi connectivity index (χ4v) is 9.55. The molecular weight excluding hydrogens is 282 g/mol. The Labute approximate surface area is 135 Å². The molecule has 0 unspecified atom stereocenters. The zero-order valence-corrected chi connectivity index (χ0v) is 14.3. The minimum Gasteiger partial charge on any atom is -0.304 e. The molecule has 2 heterocycles. The average Bonchev–Trinajstić information content (AvgIpc) is 2.94. The molecule has 0 bridgehead atoms. The van der Waals surface area contributed by atoms with Gasteiger partial charge in [0.05, 0.1) is 8.07 Å². The summed E-state index contributed by atoms with van der Waals surface area (Å²) >= 11 is 0. The third-order valence-electron chi connectivity index (χ3n) is 5.83. The van der Waals surface area contributed by atoms with Crippen LogP contribution in [0.3, 0.4) is 0 Å². The molecule has 2 aromatic carbocycles. The summed E-state index contributed by atoms with van der Waals surface area (Å²) in [5, 5.41) is 1.80. The highest BCUT2D eigenvalue weighted by Gasteiger charge is 2.42. The normalized spacial score (nSPS) is 20.2. The maximum atomic E-state index is 2.70. The van der Waals surface area contributed by atoms with E-state index in [1.807, 2.05) is 0 Å². The molecule has 22 heavy (non-hydrogen) atoms. The van der Waals surface area contributed by atoms with E-state index in [2.05, 4.69) is 59.5 Å². The number of hydrogen-bond acceptors (Lipinski definition) is 1. The van der Waals surface area contributed by atoms with E-state index in [0.29, 0.717) is 0 Å². The van der Waals surface area contributed by atoms with Gasteiger partial charge in [-0.2, -0.15) is 0 Å². The van der Waals surface area contributed by atoms with Crippen molar-refractivity contribution in [2.45, 2.75) is 31.0 Å². The first-order chi connectivity index (χ1) is 10.9. The lowest BCUT2D eigenvalue weighted by atomic mass is 10.1. The highest BCUT2D eigenvalue weighted by Crippen LogP contribution is 2.33. The number of benzene rings is 2. The van der Waals surface area contributed by atoms with Gasteiger partial charge in [0.25, 0.3) is 0 Å². The number of aryl methyl sites for hydroxylation is 1. The predicted molar refractivity (Wildman–Crippen MR) is 96.5 cm³/mol. The third-order valence-corrected chi connectivity index (χ3v) is 11.0. The predicted octanol–water partition coefficient (Wildman–Crippen LogP) is 3.46. The van der Waals surface area contributed by atoms with Gasteiger partial charge >= 0.3 is 0 Å². The van der Waals surface area contributed by atoms with E-state index in [0.717, 1.165) is 0 Å². The fraction of sp³-hybridized carbons (Fsp3) is 0.400. The monoisotopic (exact) mass is 307 g/mol. The molecule has 0 saturated carbocycles. The van der Waals surface area contributed by atoms with E-state index in [1.54, 1.807) is 10.8 Å². The molecule has 0 N–H and O–H groups in total. The number of nitrogens with zero attached hydrogens (tertiary/aromatic N) is 1. The van der Waals surface area contributed by atoms with Crippen LogP contribution >= 0.6 is 0 Å². The van der Waals surface area contributed by atoms with Crippen molar-refractivity contribution < 1.29 is 0 Å². The van der Waals surface area contributed by atoms with Crippen LogP contribution in [0.4, 0.5) is 0 Å². The second-order valence-electron chi connectivity index (χ2n) is 7.01. The van der Waals surface area contributed by atoms with E-state index in [1.165, 1.54) is 56.2 Å². The Hall–Kier alpha value is -1.38. The molecule has 2 aromatic rings. The fourth-order valence-electron chi connectivity index (χ4n) is 4.42. The number of hydrogen-bond donors (Lipinski definition) is 0. The van der Waals surface area contributed by atoms with Crippen molar-refractivity contribution >= 4 is 13.3 Å². The summed E-state index contributed by atoms with van der Waals surface area (Å²) in [6.45, 7) is 3.89. The summed E-state index contributed by atoms with van der Waals surface area (Å²) in [5.74, 6) is 0. The molecule has 4 rings (SSSR count). The molecule has 0 amide bonds. The van der Waals surface area contributed by atoms with Gasteiger partial charge in [0.15, 0.2) is 0 Å². The molecule has 0 aromatic heterocycles. The molecule has 2 aliphatic rings. The van der Waals surface area contributed by atoms with Crippen molar-refractivity contribution in [1.29, 1.82) is 0 Å². The standard InChI is InChI=1S/C20H25NSi/c1-2-6-18(7-3-1)10-12-21-13-16-22(17-14-21)15-11-19-8-4-5-9-20(19)22/h1-9H,10-17H2. The van der Waals surface area contributed by atoms with E-state index in [4.69, 9.17) is 0 Å². The molecule has 1 nitrogen and oxygen atoms in total. The Balaban J connectivity index is 1.37. The molecule has 114 valence electrons. The zero-order chi connectivity index (χ0) is 14.8. The van der Waals surface area contributed by atoms with Crippen molar-refractivity contribution in [2.75, 3.05) is 19.6 Å². The maximum absolute atomic E-state index is 2.70. The van der Waals surface area contributed by atoms with Crippen LogP contribution in [0.5, 0.6) is 0 Å². The molecule has 2 heteroatoms. The molecule has 1 spiro atoms. The lowest BCUT2D eigenvalue weighted by Crippen LogP contribution is -2.53. The van der Waals surface area contributed by atoms with E-state index in [9.17, 15) is 0 Å². The van der Waals surface area contributed by atoms with Gasteiger partial charge in [-0.3, -0.25) is 0 Å². The average molecular weight is 308 g/mol. The summed E-state index contributed by atoms with van der Waals surface area (Å²) < 4.78 is 0. The zero-order valence-electron chi connectivity index (χ0n) is 13.3. The summed E-state index contributed by atoms with van der Waals surface area (Å²) in [6.07, 6.45) is 2.55. The second-order valence-corrected chi connectivity index (χ2v) is 11.6. The lowest BCUT2D eigenvalue weighted by molar-refractivity contribution is 0.294. The van der Waals surface area contributed by atoms with Crippen molar-refractivity contribution in [2.24, 2.45) is 0 Å². The van der Waals surface area contributed by atoms with Crippen LogP contribution in [-0.2, 0) is 12.8 Å². The second kappa shape index (κ2) is 6.02. The van der Waals surface area contributed by atoms with Crippen molar-refractivity contribution in [1.82, 2.24) is 4.90 Å². The lowest BCUT2D eigenvalue weighted by Gasteiger charge is -2.38. The number of fused-ring (bicyclic) bond motifs is 2. The van der Waals surface area contributed by atoms with Gasteiger partial charge in [-0.1, -0.05) is 59.8 Å². The van der Waals surface area contributed by atoms with Gasteiger partial charge in [0.1, 0.15) is 0 Å². The Bertz CT molecular complexity index is 629. The first kappa shape index (κ1) is 14.2. The van der Waals surface area contributed by atoms with Crippen LogP contribution < -0.4 is 5.19 Å². The van der Waals surface area contributed by atoms with Gasteiger partial charge in [-0.25, -0.2) is 0 Å². The Kier molecular flexibility index (Phi) is 3.89. The SMILES string of the molecule is c1ccc(CCN2CC[Si]3(CCc4ccccc43)CC2)cc1. The van der Waals surface area contributed by atoms with Gasteiger partial charge in [-0.05, 0) is 55.2 Å². The summed E-state index contributed by atoms with van der Waals surface area (Å²) in [4.78, 5) is 2.70. The summed E-state index contributed by atoms with van der Waals surface area (Å²) in [6, 6.07) is 24.7. The Morgan fingerprint density at radius 3 is 2.36 bits per heavy atom. The maximum Gasteiger partial charge on any atom is 0.0899 e. The molecule has 0 aliphatic carbocycles. The van der Waals surface area contributed by atoms with E-state index < -0.39 is 8.07 Å². The Morgan fingerprint density at radius 2 is 1.55 bits per heavy atom. The van der Waals surface area contributed by atoms with Gasteiger partial charge in [0, 0.05) is 6.54 Å². The minimum atomic E-state index is -1.13. The van der Waals surface area contributed by atoms with Gasteiger partial charge in [-0.15, -0.1) is 0 Å². The van der Waals surface area contributed by atoms with Crippen LogP contribution in [0.1, 0.15) is 11.1 Å². The molecule has 0 atom stereocenters. The van der Waals surface area contributed by atoms with Crippen LogP contribution in [0, 0.1) is 0 Å². The number of rotatable bonds is 3. The highest BCUT2D eigenvalue weighted by atomic mass is 28.3. The minimum absolute atomic E-state index is 1.13. The van der Waals surface area contributed by atoms with Crippen LogP contribution in [0.2, 0.25) is 18.1 Å². The molecule has 1 fully saturated rings. The quantitative estimate of drug-likeness (QED) is 0.785. The largest absolute Gasteiger partial charge is 0.304 e. The highest BCUT2D eigenvalue weighted by molar-refractivity contribution is 6.93. The molecular formula is C20H25NSi. The molecule has 0 radical (unpaired) electrons. The smallest absolute Gasteiger partial charge is 0.0899 e. The van der Waals surface area contributed by atoms with Gasteiger partial charge in [0.2, 0.25) is 0 Å². The Morgan fingerprint density at radius 1 is 0.818 bits per heavy atom. The van der Waals surface area contributed by atoms with Crippen LogP contribution in [-0.4, -0.2) is 32.6 Å². The van der Waals surface area contributed by atoms with Crippen LogP contribution in [0.25, 0.3) is 0 Å². The van der Waals surface area contributed by atoms with Crippen molar-refractivity contribution in [3.63, 3.8) is 0 Å². The third kappa shape index (κ3) is 2.66. The first-order valence-corrected chi connectivity index (χ1v) is 11.3. The topological polar surface area (TPSA) is 3.24 Å². The summed E-state index contributed by atoms with van der Waals surface area (Å²) in [7, 11) is -1.13. The van der Waals surface area contributed by atoms with Gasteiger partial charge < -0.3 is 4.90 Å². The summed E-state index contributed by atoms with van der Waals surface area (Å²) in [5.41, 5.74) is 3.15. The van der Waals surface area contributed by atoms with Crippen LogP contribution in [0.15, 0.2) is 54.6 Å². The molecule has 2 aliphatic heterocycles. The van der Waals surface area contributed by atoms with E-state index in [-0.39, 0.29) is 0 Å². The first-order valence-electron chi connectivity index (χ1n) is 8.70. The van der Waals surface area contributed by atoms with Crippen molar-refractivity contribution in [3.8, 4) is 0 Å².